The Labute approximate surface area is 153 Å². The Morgan fingerprint density at radius 2 is 1.27 bits per heavy atom. The van der Waals surface area contributed by atoms with Crippen molar-refractivity contribution in [2.75, 3.05) is 13.2 Å². The fourth-order valence-electron chi connectivity index (χ4n) is 1.62. The fraction of sp³-hybridized carbons (Fsp3) is 0.556. The number of nitrogens with zero attached hydrogens (tertiary/aromatic N) is 4. The second-order valence-electron chi connectivity index (χ2n) is 5.91. The number of azo groups is 1. The van der Waals surface area contributed by atoms with E-state index in [0.29, 0.717) is 0 Å². The Hall–Kier alpha value is -3.00. The van der Waals surface area contributed by atoms with Crippen molar-refractivity contribution in [1.29, 1.82) is 10.5 Å². The second kappa shape index (κ2) is 11.5. The van der Waals surface area contributed by atoms with Crippen molar-refractivity contribution < 1.29 is 19.1 Å². The summed E-state index contributed by atoms with van der Waals surface area (Å²) in [6, 6.07) is 3.96. The molecule has 0 spiro atoms. The lowest BCUT2D eigenvalue weighted by Gasteiger charge is -2.19. The lowest BCUT2D eigenvalue weighted by Crippen LogP contribution is -2.25. The van der Waals surface area contributed by atoms with Crippen LogP contribution in [0.15, 0.2) is 35.5 Å². The minimum Gasteiger partial charge on any atom is -0.461 e. The minimum atomic E-state index is -1.28. The minimum absolute atomic E-state index is 0.0198. The number of ether oxygens (including phenoxy) is 2. The van der Waals surface area contributed by atoms with E-state index in [1.807, 2.05) is 12.1 Å². The highest BCUT2D eigenvalue weighted by Gasteiger charge is 2.29. The van der Waals surface area contributed by atoms with E-state index in [-0.39, 0.29) is 38.9 Å². The maximum Gasteiger partial charge on any atom is 0.306 e. The van der Waals surface area contributed by atoms with Crippen LogP contribution in [0.5, 0.6) is 0 Å². The molecule has 0 heterocycles. The van der Waals surface area contributed by atoms with Gasteiger partial charge in [0.1, 0.15) is 13.2 Å². The van der Waals surface area contributed by atoms with Crippen molar-refractivity contribution in [3.05, 3.63) is 25.3 Å². The van der Waals surface area contributed by atoms with E-state index >= 15 is 0 Å². The molecule has 0 saturated heterocycles. The third-order valence-electron chi connectivity index (χ3n) is 3.33. The lowest BCUT2D eigenvalue weighted by atomic mass is 9.97. The van der Waals surface area contributed by atoms with Gasteiger partial charge in [-0.3, -0.25) is 9.59 Å². The number of hydrogen-bond acceptors (Lipinski definition) is 8. The van der Waals surface area contributed by atoms with Gasteiger partial charge in [-0.2, -0.15) is 20.8 Å². The molecule has 0 aromatic heterocycles. The highest BCUT2D eigenvalue weighted by Crippen LogP contribution is 2.23. The average Bonchev–Trinajstić information content (AvgIpc) is 2.65. The summed E-state index contributed by atoms with van der Waals surface area (Å²) >= 11 is 0. The molecule has 140 valence electrons. The summed E-state index contributed by atoms with van der Waals surface area (Å²) < 4.78 is 9.69. The SMILES string of the molecule is C=CCOC(=O)CCC(C)(C#N)N=NC(C)(C#N)CCC(=O)OCC=C. The van der Waals surface area contributed by atoms with Crippen molar-refractivity contribution in [3.8, 4) is 12.1 Å². The van der Waals surface area contributed by atoms with Crippen LogP contribution in [0.4, 0.5) is 0 Å². The van der Waals surface area contributed by atoms with Crippen molar-refractivity contribution >= 4 is 11.9 Å². The first kappa shape index (κ1) is 23.0. The molecule has 0 amide bonds. The molecule has 2 atom stereocenters. The van der Waals surface area contributed by atoms with Gasteiger partial charge in [-0.15, -0.1) is 0 Å². The van der Waals surface area contributed by atoms with Gasteiger partial charge in [-0.05, 0) is 26.7 Å². The monoisotopic (exact) mass is 360 g/mol. The Balaban J connectivity index is 4.83. The average molecular weight is 360 g/mol. The summed E-state index contributed by atoms with van der Waals surface area (Å²) in [4.78, 5) is 23.0. The summed E-state index contributed by atoms with van der Waals surface area (Å²) in [5, 5.41) is 26.6. The first-order chi connectivity index (χ1) is 12.2. The maximum absolute atomic E-state index is 11.5. The first-order valence-electron chi connectivity index (χ1n) is 8.04. The molecule has 0 aliphatic carbocycles. The smallest absolute Gasteiger partial charge is 0.306 e. The molecule has 0 N–H and O–H groups in total. The van der Waals surface area contributed by atoms with E-state index in [1.165, 1.54) is 26.0 Å². The van der Waals surface area contributed by atoms with Crippen LogP contribution in [-0.2, 0) is 19.1 Å². The standard InChI is InChI=1S/C18H24N4O4/c1-5-11-25-15(23)7-9-17(3,13-19)21-22-18(4,14-20)10-8-16(24)26-12-6-2/h5-6H,1-2,7-12H2,3-4H3. The van der Waals surface area contributed by atoms with Gasteiger partial charge in [-0.1, -0.05) is 25.3 Å². The predicted octanol–water partition coefficient (Wildman–Crippen LogP) is 3.02. The van der Waals surface area contributed by atoms with E-state index in [0.717, 1.165) is 0 Å². The van der Waals surface area contributed by atoms with Crippen molar-refractivity contribution in [2.24, 2.45) is 10.2 Å². The van der Waals surface area contributed by atoms with Crippen molar-refractivity contribution in [2.45, 2.75) is 50.6 Å². The fourth-order valence-corrected chi connectivity index (χ4v) is 1.62. The van der Waals surface area contributed by atoms with Crippen LogP contribution < -0.4 is 0 Å². The Kier molecular flexibility index (Phi) is 10.2. The van der Waals surface area contributed by atoms with E-state index in [2.05, 4.69) is 23.4 Å². The highest BCUT2D eigenvalue weighted by molar-refractivity contribution is 5.70. The van der Waals surface area contributed by atoms with Gasteiger partial charge in [0.15, 0.2) is 11.1 Å². The van der Waals surface area contributed by atoms with E-state index in [1.54, 1.807) is 0 Å². The number of esters is 2. The van der Waals surface area contributed by atoms with Crippen LogP contribution in [0.25, 0.3) is 0 Å². The number of nitriles is 2. The lowest BCUT2D eigenvalue weighted by molar-refractivity contribution is -0.143. The summed E-state index contributed by atoms with van der Waals surface area (Å²) in [5.74, 6) is -0.954. The van der Waals surface area contributed by atoms with Crippen LogP contribution in [0.2, 0.25) is 0 Å². The largest absolute Gasteiger partial charge is 0.461 e. The topological polar surface area (TPSA) is 125 Å². The highest BCUT2D eigenvalue weighted by atomic mass is 16.5. The molecule has 0 aliphatic rings. The van der Waals surface area contributed by atoms with Gasteiger partial charge in [0.2, 0.25) is 0 Å². The molecule has 8 nitrogen and oxygen atoms in total. The van der Waals surface area contributed by atoms with Crippen molar-refractivity contribution in [1.82, 2.24) is 0 Å². The molecule has 0 aromatic rings. The van der Waals surface area contributed by atoms with Gasteiger partial charge >= 0.3 is 11.9 Å². The Morgan fingerprint density at radius 1 is 0.923 bits per heavy atom. The summed E-state index contributed by atoms with van der Waals surface area (Å²) in [6.07, 6.45) is 3.03. The molecule has 0 saturated carbocycles. The summed E-state index contributed by atoms with van der Waals surface area (Å²) in [6.45, 7) is 10.1. The number of carbonyl (C=O) groups is 2. The zero-order chi connectivity index (χ0) is 20.1. The summed E-state index contributed by atoms with van der Waals surface area (Å²) in [5.41, 5.74) is -2.57. The Morgan fingerprint density at radius 3 is 1.54 bits per heavy atom. The van der Waals surface area contributed by atoms with Gasteiger partial charge in [0.25, 0.3) is 0 Å². The number of carbonyl (C=O) groups excluding carboxylic acids is 2. The van der Waals surface area contributed by atoms with E-state index in [4.69, 9.17) is 9.47 Å². The van der Waals surface area contributed by atoms with Crippen LogP contribution in [0.3, 0.4) is 0 Å². The molecular formula is C18H24N4O4. The molecule has 0 rings (SSSR count). The first-order valence-corrected chi connectivity index (χ1v) is 8.04. The third kappa shape index (κ3) is 9.33. The number of rotatable bonds is 12. The van der Waals surface area contributed by atoms with Gasteiger partial charge < -0.3 is 9.47 Å². The normalized spacial score (nSPS) is 14.9. The van der Waals surface area contributed by atoms with Crippen LogP contribution in [0, 0.1) is 22.7 Å². The van der Waals surface area contributed by atoms with Crippen molar-refractivity contribution in [3.63, 3.8) is 0 Å². The maximum atomic E-state index is 11.5. The molecule has 0 radical (unpaired) electrons. The molecule has 0 bridgehead atoms. The summed E-state index contributed by atoms with van der Waals surface area (Å²) in [7, 11) is 0. The van der Waals surface area contributed by atoms with Gasteiger partial charge in [-0.25, -0.2) is 0 Å². The van der Waals surface area contributed by atoms with Gasteiger partial charge in [0, 0.05) is 12.8 Å². The predicted molar refractivity (Wildman–Crippen MR) is 93.7 cm³/mol. The molecule has 0 aromatic carbocycles. The molecule has 0 fully saturated rings. The third-order valence-corrected chi connectivity index (χ3v) is 3.33. The molecule has 0 aliphatic heterocycles. The quantitative estimate of drug-likeness (QED) is 0.299. The van der Waals surface area contributed by atoms with Crippen LogP contribution >= 0.6 is 0 Å². The van der Waals surface area contributed by atoms with E-state index < -0.39 is 23.0 Å². The molecule has 26 heavy (non-hydrogen) atoms. The zero-order valence-electron chi connectivity index (χ0n) is 15.2. The second-order valence-corrected chi connectivity index (χ2v) is 5.91. The Bertz CT molecular complexity index is 578. The van der Waals surface area contributed by atoms with Crippen LogP contribution in [0.1, 0.15) is 39.5 Å². The van der Waals surface area contributed by atoms with Crippen LogP contribution in [-0.4, -0.2) is 36.2 Å². The molecule has 8 heteroatoms. The van der Waals surface area contributed by atoms with Gasteiger partial charge in [0.05, 0.1) is 12.1 Å². The number of hydrogen-bond donors (Lipinski definition) is 0. The molecular weight excluding hydrogens is 336 g/mol. The zero-order valence-corrected chi connectivity index (χ0v) is 15.2. The molecule has 2 unspecified atom stereocenters. The van der Waals surface area contributed by atoms with E-state index in [9.17, 15) is 20.1 Å².